The number of hydrogen-bond acceptors (Lipinski definition) is 3. The molecule has 0 bridgehead atoms. The topological polar surface area (TPSA) is 42.6 Å². The first kappa shape index (κ1) is 12.1. The number of benzene rings is 1. The molecule has 1 heterocycles. The van der Waals surface area contributed by atoms with Gasteiger partial charge in [0.15, 0.2) is 0 Å². The Labute approximate surface area is 98.8 Å². The maximum Gasteiger partial charge on any atom is 0.145 e. The van der Waals surface area contributed by atoms with Gasteiger partial charge in [0.1, 0.15) is 22.8 Å². The molecule has 2 aromatic rings. The van der Waals surface area contributed by atoms with Crippen LogP contribution in [0.3, 0.4) is 0 Å². The average Bonchev–Trinajstić information content (AvgIpc) is 2.71. The number of ether oxygens (including phenoxy) is 1. The lowest BCUT2D eigenvalue weighted by Gasteiger charge is -2.26. The first-order valence-corrected chi connectivity index (χ1v) is 5.40. The van der Waals surface area contributed by atoms with E-state index < -0.39 is 11.7 Å². The van der Waals surface area contributed by atoms with Crippen molar-refractivity contribution in [2.45, 2.75) is 25.6 Å². The van der Waals surface area contributed by atoms with Crippen molar-refractivity contribution in [2.24, 2.45) is 0 Å². The predicted octanol–water partition coefficient (Wildman–Crippen LogP) is 2.81. The second-order valence-electron chi connectivity index (χ2n) is 4.32. The van der Waals surface area contributed by atoms with E-state index in [1.165, 1.54) is 19.2 Å². The predicted molar refractivity (Wildman–Crippen MR) is 62.2 cm³/mol. The second-order valence-corrected chi connectivity index (χ2v) is 4.32. The minimum Gasteiger partial charge on any atom is -0.458 e. The van der Waals surface area contributed by atoms with Gasteiger partial charge in [-0.15, -0.1) is 0 Å². The van der Waals surface area contributed by atoms with Gasteiger partial charge in [0, 0.05) is 12.5 Å². The van der Waals surface area contributed by atoms with Crippen molar-refractivity contribution in [1.29, 1.82) is 0 Å². The number of halogens is 1. The maximum absolute atomic E-state index is 13.0. The number of hydrogen-bond donors (Lipinski definition) is 1. The summed E-state index contributed by atoms with van der Waals surface area (Å²) >= 11 is 0. The molecule has 2 rings (SSSR count). The van der Waals surface area contributed by atoms with E-state index in [9.17, 15) is 9.50 Å². The Morgan fingerprint density at radius 2 is 2.12 bits per heavy atom. The third-order valence-corrected chi connectivity index (χ3v) is 3.12. The highest BCUT2D eigenvalue weighted by Crippen LogP contribution is 2.31. The van der Waals surface area contributed by atoms with Crippen molar-refractivity contribution in [2.75, 3.05) is 7.11 Å². The van der Waals surface area contributed by atoms with E-state index in [1.807, 2.05) is 0 Å². The first-order chi connectivity index (χ1) is 7.95. The molecular weight excluding hydrogens is 223 g/mol. The standard InChI is InChI=1S/C13H15FO3/c1-8(16-3)13(2,15)12-7-9-6-10(14)4-5-11(9)17-12/h4-8,15H,1-3H3. The van der Waals surface area contributed by atoms with Crippen LogP contribution < -0.4 is 0 Å². The van der Waals surface area contributed by atoms with Crippen LogP contribution in [0.25, 0.3) is 11.0 Å². The van der Waals surface area contributed by atoms with Crippen LogP contribution in [0.2, 0.25) is 0 Å². The van der Waals surface area contributed by atoms with Crippen molar-refractivity contribution in [3.05, 3.63) is 35.8 Å². The summed E-state index contributed by atoms with van der Waals surface area (Å²) in [6, 6.07) is 5.87. The van der Waals surface area contributed by atoms with E-state index in [4.69, 9.17) is 9.15 Å². The van der Waals surface area contributed by atoms with Gasteiger partial charge < -0.3 is 14.3 Å². The summed E-state index contributed by atoms with van der Waals surface area (Å²) in [4.78, 5) is 0. The van der Waals surface area contributed by atoms with Gasteiger partial charge in [-0.2, -0.15) is 0 Å². The van der Waals surface area contributed by atoms with Gasteiger partial charge in [-0.25, -0.2) is 4.39 Å². The van der Waals surface area contributed by atoms with Gasteiger partial charge in [-0.1, -0.05) is 0 Å². The molecule has 1 aromatic heterocycles. The van der Waals surface area contributed by atoms with Gasteiger partial charge in [-0.3, -0.25) is 0 Å². The smallest absolute Gasteiger partial charge is 0.145 e. The van der Waals surface area contributed by atoms with Crippen LogP contribution in [0, 0.1) is 5.82 Å². The maximum atomic E-state index is 13.0. The van der Waals surface area contributed by atoms with Crippen LogP contribution in [0.4, 0.5) is 4.39 Å². The molecule has 0 spiro atoms. The summed E-state index contributed by atoms with van der Waals surface area (Å²) < 4.78 is 23.7. The zero-order valence-electron chi connectivity index (χ0n) is 10.0. The van der Waals surface area contributed by atoms with E-state index in [1.54, 1.807) is 26.0 Å². The molecule has 1 N–H and O–H groups in total. The van der Waals surface area contributed by atoms with Crippen LogP contribution >= 0.6 is 0 Å². The van der Waals surface area contributed by atoms with Crippen molar-refractivity contribution < 1.29 is 18.7 Å². The lowest BCUT2D eigenvalue weighted by Crippen LogP contribution is -2.35. The van der Waals surface area contributed by atoms with Gasteiger partial charge in [0.25, 0.3) is 0 Å². The van der Waals surface area contributed by atoms with E-state index >= 15 is 0 Å². The first-order valence-electron chi connectivity index (χ1n) is 5.40. The molecule has 3 nitrogen and oxygen atoms in total. The molecule has 0 aliphatic heterocycles. The van der Waals surface area contributed by atoms with Gasteiger partial charge in [0.05, 0.1) is 6.10 Å². The Bertz CT molecular complexity index is 530. The summed E-state index contributed by atoms with van der Waals surface area (Å²) in [5.74, 6) is 0.0386. The van der Waals surface area contributed by atoms with E-state index in [0.717, 1.165) is 0 Å². The van der Waals surface area contributed by atoms with Crippen molar-refractivity contribution in [3.63, 3.8) is 0 Å². The third kappa shape index (κ3) is 2.06. The number of rotatable bonds is 3. The number of methoxy groups -OCH3 is 1. The monoisotopic (exact) mass is 238 g/mol. The Hall–Kier alpha value is -1.39. The summed E-state index contributed by atoms with van der Waals surface area (Å²) in [6.45, 7) is 3.35. The van der Waals surface area contributed by atoms with E-state index in [0.29, 0.717) is 16.7 Å². The summed E-state index contributed by atoms with van der Waals surface area (Å²) in [6.07, 6.45) is -0.423. The van der Waals surface area contributed by atoms with Gasteiger partial charge in [-0.05, 0) is 38.1 Å². The normalized spacial score (nSPS) is 17.0. The SMILES string of the molecule is COC(C)C(C)(O)c1cc2cc(F)ccc2o1. The highest BCUT2D eigenvalue weighted by molar-refractivity contribution is 5.78. The van der Waals surface area contributed by atoms with Crippen LogP contribution in [-0.4, -0.2) is 18.3 Å². The number of fused-ring (bicyclic) bond motifs is 1. The zero-order chi connectivity index (χ0) is 12.6. The molecule has 2 unspecified atom stereocenters. The van der Waals surface area contributed by atoms with Gasteiger partial charge in [0.2, 0.25) is 0 Å². The number of furan rings is 1. The molecule has 4 heteroatoms. The highest BCUT2D eigenvalue weighted by Gasteiger charge is 2.34. The van der Waals surface area contributed by atoms with Crippen LogP contribution in [0.5, 0.6) is 0 Å². The summed E-state index contributed by atoms with van der Waals surface area (Å²) in [5, 5.41) is 10.9. The molecule has 92 valence electrons. The Kier molecular flexibility index (Phi) is 2.93. The Balaban J connectivity index is 2.49. The molecule has 2 atom stereocenters. The van der Waals surface area contributed by atoms with Crippen LogP contribution in [0.15, 0.2) is 28.7 Å². The fraction of sp³-hybridized carbons (Fsp3) is 0.385. The van der Waals surface area contributed by atoms with Crippen molar-refractivity contribution in [1.82, 2.24) is 0 Å². The molecule has 17 heavy (non-hydrogen) atoms. The van der Waals surface area contributed by atoms with Crippen LogP contribution in [-0.2, 0) is 10.3 Å². The molecular formula is C13H15FO3. The Morgan fingerprint density at radius 3 is 2.76 bits per heavy atom. The summed E-state index contributed by atoms with van der Waals surface area (Å²) in [7, 11) is 1.52. The average molecular weight is 238 g/mol. The molecule has 0 saturated carbocycles. The summed E-state index contributed by atoms with van der Waals surface area (Å²) in [5.41, 5.74) is -0.700. The fourth-order valence-electron chi connectivity index (χ4n) is 1.69. The highest BCUT2D eigenvalue weighted by atomic mass is 19.1. The molecule has 0 radical (unpaired) electrons. The molecule has 0 aliphatic rings. The zero-order valence-corrected chi connectivity index (χ0v) is 10.0. The molecule has 0 fully saturated rings. The van der Waals surface area contributed by atoms with E-state index in [-0.39, 0.29) is 5.82 Å². The van der Waals surface area contributed by atoms with E-state index in [2.05, 4.69) is 0 Å². The Morgan fingerprint density at radius 1 is 1.41 bits per heavy atom. The number of aliphatic hydroxyl groups is 1. The lowest BCUT2D eigenvalue weighted by atomic mass is 9.97. The minimum absolute atomic E-state index is 0.329. The largest absolute Gasteiger partial charge is 0.458 e. The molecule has 1 aromatic carbocycles. The van der Waals surface area contributed by atoms with Crippen LogP contribution in [0.1, 0.15) is 19.6 Å². The molecule has 0 aliphatic carbocycles. The molecule has 0 amide bonds. The lowest BCUT2D eigenvalue weighted by molar-refractivity contribution is -0.0885. The quantitative estimate of drug-likeness (QED) is 0.894. The molecule has 0 saturated heterocycles. The third-order valence-electron chi connectivity index (χ3n) is 3.12. The van der Waals surface area contributed by atoms with Crippen molar-refractivity contribution >= 4 is 11.0 Å². The second kappa shape index (κ2) is 4.13. The van der Waals surface area contributed by atoms with Gasteiger partial charge >= 0.3 is 0 Å². The minimum atomic E-state index is -1.25. The van der Waals surface area contributed by atoms with Crippen molar-refractivity contribution in [3.8, 4) is 0 Å². The fourth-order valence-corrected chi connectivity index (χ4v) is 1.69.